The average Bonchev–Trinajstić information content (AvgIpc) is 3.30. The lowest BCUT2D eigenvalue weighted by atomic mass is 10.1. The molecule has 26 heavy (non-hydrogen) atoms. The molecule has 0 aromatic carbocycles. The number of nitrogens with zero attached hydrogens (tertiary/aromatic N) is 5. The Bertz CT molecular complexity index is 842. The maximum atomic E-state index is 12.4. The van der Waals surface area contributed by atoms with Gasteiger partial charge >= 0.3 is 0 Å². The first-order chi connectivity index (χ1) is 12.7. The molecule has 3 aliphatic rings. The highest BCUT2D eigenvalue weighted by Gasteiger charge is 2.42. The van der Waals surface area contributed by atoms with Crippen LogP contribution in [0, 0.1) is 6.92 Å². The number of aromatic nitrogens is 3. The van der Waals surface area contributed by atoms with Gasteiger partial charge in [0.25, 0.3) is 0 Å². The van der Waals surface area contributed by atoms with E-state index in [4.69, 9.17) is 9.51 Å². The van der Waals surface area contributed by atoms with Crippen molar-refractivity contribution < 1.29 is 9.32 Å². The summed E-state index contributed by atoms with van der Waals surface area (Å²) in [7, 11) is 0. The molecule has 0 radical (unpaired) electrons. The van der Waals surface area contributed by atoms with Crippen LogP contribution < -0.4 is 0 Å². The van der Waals surface area contributed by atoms with Gasteiger partial charge in [-0.25, -0.2) is 0 Å². The molecule has 2 aromatic rings. The third-order valence-electron chi connectivity index (χ3n) is 5.80. The first-order valence-corrected chi connectivity index (χ1v) is 9.45. The summed E-state index contributed by atoms with van der Waals surface area (Å²) >= 11 is 0. The van der Waals surface area contributed by atoms with E-state index in [0.717, 1.165) is 31.7 Å². The van der Waals surface area contributed by atoms with Crippen LogP contribution in [0.25, 0.3) is 0 Å². The van der Waals surface area contributed by atoms with E-state index in [1.807, 2.05) is 4.90 Å². The summed E-state index contributed by atoms with van der Waals surface area (Å²) < 4.78 is 5.25. The molecule has 136 valence electrons. The molecule has 5 rings (SSSR count). The summed E-state index contributed by atoms with van der Waals surface area (Å²) in [4.78, 5) is 25.9. The van der Waals surface area contributed by atoms with E-state index in [1.165, 1.54) is 24.1 Å². The minimum absolute atomic E-state index is 0.0381. The van der Waals surface area contributed by atoms with Crippen LogP contribution in [0.15, 0.2) is 16.7 Å². The van der Waals surface area contributed by atoms with Gasteiger partial charge < -0.3 is 9.42 Å². The van der Waals surface area contributed by atoms with Crippen molar-refractivity contribution in [3.63, 3.8) is 0 Å². The molecule has 2 fully saturated rings. The van der Waals surface area contributed by atoms with Crippen molar-refractivity contribution in [2.75, 3.05) is 19.6 Å². The standard InChI is InChI=1S/C19H23N5O2/c1-12-20-19(26-22-12)14-7-18(25)24(8-14)16-10-23(11-16)9-15-6-5-13-3-2-4-17(13)21-15/h5-6,14,16H,2-4,7-11H2,1H3. The Labute approximate surface area is 152 Å². The molecular formula is C19H23N5O2. The lowest BCUT2D eigenvalue weighted by Gasteiger charge is -2.44. The number of carbonyl (C=O) groups excluding carboxylic acids is 1. The smallest absolute Gasteiger partial charge is 0.232 e. The lowest BCUT2D eigenvalue weighted by Crippen LogP contribution is -2.59. The highest BCUT2D eigenvalue weighted by Crippen LogP contribution is 2.31. The van der Waals surface area contributed by atoms with Crippen LogP contribution >= 0.6 is 0 Å². The Hall–Kier alpha value is -2.28. The Morgan fingerprint density at radius 1 is 1.19 bits per heavy atom. The van der Waals surface area contributed by atoms with Crippen LogP contribution in [0.3, 0.4) is 0 Å². The monoisotopic (exact) mass is 353 g/mol. The van der Waals surface area contributed by atoms with Gasteiger partial charge in [0.2, 0.25) is 11.8 Å². The maximum absolute atomic E-state index is 12.4. The second-order valence-corrected chi connectivity index (χ2v) is 7.74. The van der Waals surface area contributed by atoms with Crippen molar-refractivity contribution in [1.29, 1.82) is 0 Å². The van der Waals surface area contributed by atoms with Crippen molar-refractivity contribution in [3.05, 3.63) is 40.8 Å². The lowest BCUT2D eigenvalue weighted by molar-refractivity contribution is -0.133. The zero-order valence-electron chi connectivity index (χ0n) is 15.0. The van der Waals surface area contributed by atoms with E-state index in [2.05, 4.69) is 27.2 Å². The van der Waals surface area contributed by atoms with E-state index in [9.17, 15) is 4.79 Å². The van der Waals surface area contributed by atoms with E-state index in [0.29, 0.717) is 30.7 Å². The molecule has 1 aliphatic carbocycles. The van der Waals surface area contributed by atoms with Crippen LogP contribution in [0.2, 0.25) is 0 Å². The second-order valence-electron chi connectivity index (χ2n) is 7.74. The summed E-state index contributed by atoms with van der Waals surface area (Å²) in [5.74, 6) is 1.46. The summed E-state index contributed by atoms with van der Waals surface area (Å²) in [6.45, 7) is 5.20. The van der Waals surface area contributed by atoms with E-state index < -0.39 is 0 Å². The number of fused-ring (bicyclic) bond motifs is 1. The molecule has 2 aromatic heterocycles. The number of carbonyl (C=O) groups is 1. The fourth-order valence-corrected chi connectivity index (χ4v) is 4.38. The quantitative estimate of drug-likeness (QED) is 0.828. The molecule has 0 spiro atoms. The molecule has 1 amide bonds. The highest BCUT2D eigenvalue weighted by atomic mass is 16.5. The van der Waals surface area contributed by atoms with Crippen molar-refractivity contribution >= 4 is 5.91 Å². The topological polar surface area (TPSA) is 75.4 Å². The molecule has 0 N–H and O–H groups in total. The Morgan fingerprint density at radius 3 is 2.88 bits per heavy atom. The number of amides is 1. The fourth-order valence-electron chi connectivity index (χ4n) is 4.38. The van der Waals surface area contributed by atoms with Crippen LogP contribution in [0.1, 0.15) is 47.4 Å². The van der Waals surface area contributed by atoms with Crippen LogP contribution in [0.4, 0.5) is 0 Å². The number of likely N-dealkylation sites (tertiary alicyclic amines) is 2. The van der Waals surface area contributed by atoms with Gasteiger partial charge in [0.15, 0.2) is 5.82 Å². The number of hydrogen-bond acceptors (Lipinski definition) is 6. The largest absolute Gasteiger partial charge is 0.339 e. The van der Waals surface area contributed by atoms with Gasteiger partial charge in [-0.2, -0.15) is 4.98 Å². The van der Waals surface area contributed by atoms with Gasteiger partial charge in [-0.05, 0) is 37.8 Å². The predicted octanol–water partition coefficient (Wildman–Crippen LogP) is 1.46. The van der Waals surface area contributed by atoms with Crippen molar-refractivity contribution in [3.8, 4) is 0 Å². The number of aryl methyl sites for hydroxylation is 3. The average molecular weight is 353 g/mol. The maximum Gasteiger partial charge on any atom is 0.232 e. The summed E-state index contributed by atoms with van der Waals surface area (Å²) in [6.07, 6.45) is 4.00. The van der Waals surface area contributed by atoms with Crippen LogP contribution in [-0.4, -0.2) is 56.5 Å². The normalized spacial score (nSPS) is 23.5. The molecule has 0 saturated carbocycles. The number of rotatable bonds is 4. The van der Waals surface area contributed by atoms with Crippen molar-refractivity contribution in [1.82, 2.24) is 24.9 Å². The van der Waals surface area contributed by atoms with Crippen molar-refractivity contribution in [2.24, 2.45) is 0 Å². The third kappa shape index (κ3) is 2.80. The van der Waals surface area contributed by atoms with Crippen LogP contribution in [0.5, 0.6) is 0 Å². The van der Waals surface area contributed by atoms with Gasteiger partial charge in [0, 0.05) is 38.3 Å². The number of pyridine rings is 1. The van der Waals surface area contributed by atoms with Gasteiger partial charge in [-0.3, -0.25) is 14.7 Å². The molecule has 2 saturated heterocycles. The van der Waals surface area contributed by atoms with E-state index >= 15 is 0 Å². The summed E-state index contributed by atoms with van der Waals surface area (Å²) in [5, 5.41) is 3.84. The van der Waals surface area contributed by atoms with Gasteiger partial charge in [-0.1, -0.05) is 11.2 Å². The minimum Gasteiger partial charge on any atom is -0.339 e. The zero-order chi connectivity index (χ0) is 17.7. The van der Waals surface area contributed by atoms with E-state index in [1.54, 1.807) is 6.92 Å². The highest BCUT2D eigenvalue weighted by molar-refractivity contribution is 5.80. The van der Waals surface area contributed by atoms with Crippen LogP contribution in [-0.2, 0) is 24.2 Å². The molecule has 2 aliphatic heterocycles. The summed E-state index contributed by atoms with van der Waals surface area (Å²) in [5.41, 5.74) is 3.85. The summed E-state index contributed by atoms with van der Waals surface area (Å²) in [6, 6.07) is 4.70. The van der Waals surface area contributed by atoms with Gasteiger partial charge in [-0.15, -0.1) is 0 Å². The molecule has 1 unspecified atom stereocenters. The third-order valence-corrected chi connectivity index (χ3v) is 5.80. The Kier molecular flexibility index (Phi) is 3.77. The Balaban J connectivity index is 1.17. The fraction of sp³-hybridized carbons (Fsp3) is 0.579. The molecule has 7 nitrogen and oxygen atoms in total. The first kappa shape index (κ1) is 15.9. The second kappa shape index (κ2) is 6.16. The SMILES string of the molecule is Cc1noc(C2CC(=O)N(C3CN(Cc4ccc5c(n4)CCC5)C3)C2)n1. The molecule has 1 atom stereocenters. The zero-order valence-corrected chi connectivity index (χ0v) is 15.0. The Morgan fingerprint density at radius 2 is 2.08 bits per heavy atom. The molecule has 7 heteroatoms. The molecular weight excluding hydrogens is 330 g/mol. The number of hydrogen-bond donors (Lipinski definition) is 0. The predicted molar refractivity (Wildman–Crippen MR) is 93.4 cm³/mol. The minimum atomic E-state index is 0.0381. The molecule has 4 heterocycles. The first-order valence-electron chi connectivity index (χ1n) is 9.45. The van der Waals surface area contributed by atoms with Crippen molar-refractivity contribution in [2.45, 2.75) is 51.1 Å². The van der Waals surface area contributed by atoms with E-state index in [-0.39, 0.29) is 11.8 Å². The molecule has 0 bridgehead atoms. The van der Waals surface area contributed by atoms with Gasteiger partial charge in [0.1, 0.15) is 0 Å². The van der Waals surface area contributed by atoms with Gasteiger partial charge in [0.05, 0.1) is 17.7 Å².